The van der Waals surface area contributed by atoms with E-state index in [-0.39, 0.29) is 18.9 Å². The van der Waals surface area contributed by atoms with Gasteiger partial charge in [0, 0.05) is 23.7 Å². The molecule has 0 aromatic heterocycles. The lowest BCUT2D eigenvalue weighted by atomic mass is 10.2. The van der Waals surface area contributed by atoms with E-state index in [0.29, 0.717) is 17.1 Å². The van der Waals surface area contributed by atoms with Gasteiger partial charge in [0.25, 0.3) is 0 Å². The largest absolute Gasteiger partial charge is 0.481 e. The number of carboxylic acid groups (broad SMARTS) is 1. The van der Waals surface area contributed by atoms with Crippen LogP contribution in [0.3, 0.4) is 0 Å². The third kappa shape index (κ3) is 4.37. The van der Waals surface area contributed by atoms with Crippen molar-refractivity contribution in [1.29, 1.82) is 0 Å². The second-order valence-corrected chi connectivity index (χ2v) is 4.35. The average Bonchev–Trinajstić information content (AvgIpc) is 2.31. The van der Waals surface area contributed by atoms with Crippen LogP contribution >= 0.6 is 11.6 Å². The van der Waals surface area contributed by atoms with Crippen LogP contribution in [0.15, 0.2) is 24.3 Å². The summed E-state index contributed by atoms with van der Waals surface area (Å²) in [5.41, 5.74) is 0.680. The Morgan fingerprint density at radius 1 is 1.22 bits per heavy atom. The Morgan fingerprint density at radius 2 is 1.83 bits per heavy atom. The maximum Gasteiger partial charge on any atom is 0.305 e. The number of amides is 1. The standard InChI is InChI=1S/C13H16ClNO3/c1-2-3-12(16)15(9-8-13(17)18)11-6-4-10(14)5-7-11/h4-7H,2-3,8-9H2,1H3,(H,17,18). The summed E-state index contributed by atoms with van der Waals surface area (Å²) in [6.07, 6.45) is 1.07. The summed E-state index contributed by atoms with van der Waals surface area (Å²) in [6, 6.07) is 6.81. The lowest BCUT2D eigenvalue weighted by Crippen LogP contribution is -2.32. The van der Waals surface area contributed by atoms with E-state index in [9.17, 15) is 9.59 Å². The molecule has 1 N–H and O–H groups in total. The van der Waals surface area contributed by atoms with Crippen LogP contribution < -0.4 is 4.90 Å². The van der Waals surface area contributed by atoms with E-state index < -0.39 is 5.97 Å². The number of carbonyl (C=O) groups is 2. The van der Waals surface area contributed by atoms with E-state index in [0.717, 1.165) is 6.42 Å². The summed E-state index contributed by atoms with van der Waals surface area (Å²) in [4.78, 5) is 24.0. The van der Waals surface area contributed by atoms with Crippen LogP contribution in [0.25, 0.3) is 0 Å². The molecule has 0 aliphatic carbocycles. The van der Waals surface area contributed by atoms with Crippen LogP contribution in [0.4, 0.5) is 5.69 Å². The normalized spacial score (nSPS) is 10.1. The molecule has 0 heterocycles. The van der Waals surface area contributed by atoms with Gasteiger partial charge in [-0.25, -0.2) is 0 Å². The lowest BCUT2D eigenvalue weighted by Gasteiger charge is -2.22. The number of hydrogen-bond donors (Lipinski definition) is 1. The van der Waals surface area contributed by atoms with Crippen LogP contribution in [-0.4, -0.2) is 23.5 Å². The molecule has 1 aromatic carbocycles. The minimum Gasteiger partial charge on any atom is -0.481 e. The summed E-state index contributed by atoms with van der Waals surface area (Å²) in [6.45, 7) is 2.09. The van der Waals surface area contributed by atoms with Crippen molar-refractivity contribution in [2.45, 2.75) is 26.2 Å². The van der Waals surface area contributed by atoms with Gasteiger partial charge in [0.05, 0.1) is 6.42 Å². The summed E-state index contributed by atoms with van der Waals surface area (Å²) in [5.74, 6) is -0.987. The highest BCUT2D eigenvalue weighted by molar-refractivity contribution is 6.30. The zero-order chi connectivity index (χ0) is 13.5. The minimum absolute atomic E-state index is 0.0685. The van der Waals surface area contributed by atoms with Crippen LogP contribution in [0, 0.1) is 0 Å². The van der Waals surface area contributed by atoms with E-state index in [1.807, 2.05) is 6.92 Å². The van der Waals surface area contributed by atoms with Crippen LogP contribution in [0.2, 0.25) is 5.02 Å². The second kappa shape index (κ2) is 7.01. The number of aliphatic carboxylic acids is 1. The Morgan fingerprint density at radius 3 is 2.33 bits per heavy atom. The molecular formula is C13H16ClNO3. The van der Waals surface area contributed by atoms with Crippen LogP contribution in [0.5, 0.6) is 0 Å². The van der Waals surface area contributed by atoms with Crippen molar-refractivity contribution in [2.75, 3.05) is 11.4 Å². The summed E-state index contributed by atoms with van der Waals surface area (Å²) in [7, 11) is 0. The van der Waals surface area contributed by atoms with E-state index >= 15 is 0 Å². The zero-order valence-electron chi connectivity index (χ0n) is 10.2. The molecular weight excluding hydrogens is 254 g/mol. The van der Waals surface area contributed by atoms with Crippen LogP contribution in [0.1, 0.15) is 26.2 Å². The van der Waals surface area contributed by atoms with Crippen molar-refractivity contribution in [3.8, 4) is 0 Å². The molecule has 0 fully saturated rings. The topological polar surface area (TPSA) is 57.6 Å². The predicted molar refractivity (Wildman–Crippen MR) is 71.0 cm³/mol. The van der Waals surface area contributed by atoms with E-state index in [1.165, 1.54) is 4.90 Å². The third-order valence-electron chi connectivity index (χ3n) is 2.45. The first-order valence-corrected chi connectivity index (χ1v) is 6.20. The number of hydrogen-bond acceptors (Lipinski definition) is 2. The van der Waals surface area contributed by atoms with Gasteiger partial charge in [0.1, 0.15) is 0 Å². The number of anilines is 1. The van der Waals surface area contributed by atoms with Crippen molar-refractivity contribution in [3.05, 3.63) is 29.3 Å². The van der Waals surface area contributed by atoms with Gasteiger partial charge >= 0.3 is 5.97 Å². The van der Waals surface area contributed by atoms with Gasteiger partial charge in [0.15, 0.2) is 0 Å². The highest BCUT2D eigenvalue weighted by Crippen LogP contribution is 2.19. The molecule has 0 saturated carbocycles. The number of nitrogens with zero attached hydrogens (tertiary/aromatic N) is 1. The molecule has 5 heteroatoms. The Kier molecular flexibility index (Phi) is 5.65. The maximum atomic E-state index is 11.9. The molecule has 0 radical (unpaired) electrons. The summed E-state index contributed by atoms with van der Waals surface area (Å²) >= 11 is 5.79. The molecule has 4 nitrogen and oxygen atoms in total. The molecule has 0 aliphatic rings. The molecule has 0 saturated heterocycles. The highest BCUT2D eigenvalue weighted by Gasteiger charge is 2.15. The number of carboxylic acids is 1. The maximum absolute atomic E-state index is 11.9. The van der Waals surface area contributed by atoms with Crippen molar-refractivity contribution in [3.63, 3.8) is 0 Å². The fourth-order valence-corrected chi connectivity index (χ4v) is 1.70. The molecule has 1 rings (SSSR count). The zero-order valence-corrected chi connectivity index (χ0v) is 11.0. The molecule has 0 aliphatic heterocycles. The Bertz CT molecular complexity index is 417. The van der Waals surface area contributed by atoms with Crippen LogP contribution in [-0.2, 0) is 9.59 Å². The van der Waals surface area contributed by atoms with Crippen molar-refractivity contribution in [1.82, 2.24) is 0 Å². The lowest BCUT2D eigenvalue weighted by molar-refractivity contribution is -0.136. The predicted octanol–water partition coefficient (Wildman–Crippen LogP) is 2.95. The number of rotatable bonds is 6. The number of carbonyl (C=O) groups excluding carboxylic acids is 1. The number of halogens is 1. The minimum atomic E-state index is -0.918. The van der Waals surface area contributed by atoms with Crippen molar-refractivity contribution in [2.24, 2.45) is 0 Å². The van der Waals surface area contributed by atoms with Gasteiger partial charge in [-0.15, -0.1) is 0 Å². The fourth-order valence-electron chi connectivity index (χ4n) is 1.58. The van der Waals surface area contributed by atoms with Crippen molar-refractivity contribution >= 4 is 29.2 Å². The molecule has 0 atom stereocenters. The molecule has 0 spiro atoms. The van der Waals surface area contributed by atoms with Gasteiger partial charge in [-0.1, -0.05) is 18.5 Å². The van der Waals surface area contributed by atoms with Gasteiger partial charge in [-0.05, 0) is 30.7 Å². The molecule has 98 valence electrons. The first-order chi connectivity index (χ1) is 8.54. The van der Waals surface area contributed by atoms with Crippen molar-refractivity contribution < 1.29 is 14.7 Å². The van der Waals surface area contributed by atoms with Gasteiger partial charge in [-0.2, -0.15) is 0 Å². The van der Waals surface area contributed by atoms with E-state index in [4.69, 9.17) is 16.7 Å². The quantitative estimate of drug-likeness (QED) is 0.864. The molecule has 0 unspecified atom stereocenters. The Labute approximate surface area is 111 Å². The summed E-state index contributed by atoms with van der Waals surface area (Å²) in [5, 5.41) is 9.29. The van der Waals surface area contributed by atoms with Gasteiger partial charge in [0.2, 0.25) is 5.91 Å². The smallest absolute Gasteiger partial charge is 0.305 e. The molecule has 18 heavy (non-hydrogen) atoms. The molecule has 0 bridgehead atoms. The fraction of sp³-hybridized carbons (Fsp3) is 0.385. The average molecular weight is 270 g/mol. The third-order valence-corrected chi connectivity index (χ3v) is 2.70. The van der Waals surface area contributed by atoms with Gasteiger partial charge in [-0.3, -0.25) is 9.59 Å². The second-order valence-electron chi connectivity index (χ2n) is 3.92. The SMILES string of the molecule is CCCC(=O)N(CCC(=O)O)c1ccc(Cl)cc1. The Hall–Kier alpha value is -1.55. The monoisotopic (exact) mass is 269 g/mol. The Balaban J connectivity index is 2.85. The summed E-state index contributed by atoms with van der Waals surface area (Å²) < 4.78 is 0. The molecule has 1 aromatic rings. The first-order valence-electron chi connectivity index (χ1n) is 5.82. The first kappa shape index (κ1) is 14.5. The number of benzene rings is 1. The van der Waals surface area contributed by atoms with E-state index in [2.05, 4.69) is 0 Å². The molecule has 1 amide bonds. The highest BCUT2D eigenvalue weighted by atomic mass is 35.5. The van der Waals surface area contributed by atoms with Gasteiger partial charge < -0.3 is 10.0 Å². The van der Waals surface area contributed by atoms with E-state index in [1.54, 1.807) is 24.3 Å².